The average molecular weight is 195 g/mol. The van der Waals surface area contributed by atoms with E-state index < -0.39 is 18.0 Å². The summed E-state index contributed by atoms with van der Waals surface area (Å²) in [6.07, 6.45) is 0. The van der Waals surface area contributed by atoms with Gasteiger partial charge in [0, 0.05) is 0 Å². The Bertz CT molecular complexity index is 375. The van der Waals surface area contributed by atoms with Crippen LogP contribution in [0, 0.1) is 0 Å². The molecular weight excluding hydrogens is 186 g/mol. The average Bonchev–Trinajstić information content (AvgIpc) is 2.16. The number of carboxylic acids is 2. The molecular formula is C9H9NO4. The predicted octanol–water partition coefficient (Wildman–Crippen LogP) is 0.469. The van der Waals surface area contributed by atoms with Crippen LogP contribution >= 0.6 is 0 Å². The minimum absolute atomic E-state index is 0.0270. The van der Waals surface area contributed by atoms with Gasteiger partial charge in [0.25, 0.3) is 0 Å². The molecule has 5 nitrogen and oxygen atoms in total. The molecule has 0 fully saturated rings. The van der Waals surface area contributed by atoms with E-state index in [0.717, 1.165) is 0 Å². The Morgan fingerprint density at radius 3 is 2.43 bits per heavy atom. The summed E-state index contributed by atoms with van der Waals surface area (Å²) in [7, 11) is 0. The van der Waals surface area contributed by atoms with Crippen molar-refractivity contribution in [1.82, 2.24) is 0 Å². The van der Waals surface area contributed by atoms with E-state index in [1.165, 1.54) is 24.3 Å². The number of carbonyl (C=O) groups is 2. The van der Waals surface area contributed by atoms with Gasteiger partial charge in [0.15, 0.2) is 0 Å². The molecule has 0 aliphatic heterocycles. The van der Waals surface area contributed by atoms with E-state index in [9.17, 15) is 9.59 Å². The Kier molecular flexibility index (Phi) is 2.83. The van der Waals surface area contributed by atoms with Crippen molar-refractivity contribution in [2.45, 2.75) is 6.04 Å². The molecule has 74 valence electrons. The van der Waals surface area contributed by atoms with Crippen LogP contribution < -0.4 is 5.73 Å². The molecule has 0 aromatic heterocycles. The van der Waals surface area contributed by atoms with Crippen LogP contribution in [-0.2, 0) is 4.79 Å². The van der Waals surface area contributed by atoms with E-state index >= 15 is 0 Å². The summed E-state index contributed by atoms with van der Waals surface area (Å²) in [5.41, 5.74) is 5.62. The molecule has 4 N–H and O–H groups in total. The lowest BCUT2D eigenvalue weighted by Gasteiger charge is -2.06. The summed E-state index contributed by atoms with van der Waals surface area (Å²) in [5.74, 6) is -2.29. The van der Waals surface area contributed by atoms with Crippen molar-refractivity contribution in [1.29, 1.82) is 0 Å². The number of hydrogen-bond acceptors (Lipinski definition) is 3. The van der Waals surface area contributed by atoms with E-state index in [2.05, 4.69) is 0 Å². The molecule has 1 aromatic carbocycles. The lowest BCUT2D eigenvalue weighted by molar-refractivity contribution is -0.138. The van der Waals surface area contributed by atoms with Crippen molar-refractivity contribution in [3.8, 4) is 0 Å². The maximum atomic E-state index is 10.6. The molecule has 0 aliphatic rings. The summed E-state index contributed by atoms with van der Waals surface area (Å²) in [6, 6.07) is 4.38. The SMILES string of the molecule is N[C@@H](C(=O)O)c1cccc(C(=O)O)c1. The number of hydrogen-bond donors (Lipinski definition) is 3. The highest BCUT2D eigenvalue weighted by Crippen LogP contribution is 2.12. The van der Waals surface area contributed by atoms with E-state index in [1.807, 2.05) is 0 Å². The van der Waals surface area contributed by atoms with Crippen molar-refractivity contribution in [2.24, 2.45) is 5.73 Å². The molecule has 0 radical (unpaired) electrons. The van der Waals surface area contributed by atoms with Crippen molar-refractivity contribution in [3.63, 3.8) is 0 Å². The van der Waals surface area contributed by atoms with Crippen LogP contribution in [0.4, 0.5) is 0 Å². The van der Waals surface area contributed by atoms with Crippen LogP contribution in [0.2, 0.25) is 0 Å². The number of aliphatic carboxylic acids is 1. The largest absolute Gasteiger partial charge is 0.480 e. The van der Waals surface area contributed by atoms with Crippen molar-refractivity contribution in [3.05, 3.63) is 35.4 Å². The first-order chi connectivity index (χ1) is 6.52. The molecule has 1 rings (SSSR count). The van der Waals surface area contributed by atoms with Gasteiger partial charge in [-0.25, -0.2) is 4.79 Å². The second-order valence-electron chi connectivity index (χ2n) is 2.75. The van der Waals surface area contributed by atoms with E-state index in [1.54, 1.807) is 0 Å². The molecule has 0 unspecified atom stereocenters. The fourth-order valence-corrected chi connectivity index (χ4v) is 1.01. The number of carboxylic acid groups (broad SMARTS) is 2. The summed E-state index contributed by atoms with van der Waals surface area (Å²) in [4.78, 5) is 21.1. The molecule has 0 saturated carbocycles. The molecule has 0 amide bonds. The monoisotopic (exact) mass is 195 g/mol. The van der Waals surface area contributed by atoms with Gasteiger partial charge < -0.3 is 15.9 Å². The van der Waals surface area contributed by atoms with Gasteiger partial charge in [-0.15, -0.1) is 0 Å². The number of nitrogens with two attached hydrogens (primary N) is 1. The number of rotatable bonds is 3. The van der Waals surface area contributed by atoms with Gasteiger partial charge in [-0.2, -0.15) is 0 Å². The molecule has 0 saturated heterocycles. The Hall–Kier alpha value is -1.88. The molecule has 0 heterocycles. The summed E-state index contributed by atoms with van der Waals surface area (Å²) in [5, 5.41) is 17.2. The van der Waals surface area contributed by atoms with Crippen molar-refractivity contribution < 1.29 is 19.8 Å². The standard InChI is InChI=1S/C9H9NO4/c10-7(9(13)14)5-2-1-3-6(4-5)8(11)12/h1-4,7H,10H2,(H,11,12)(H,13,14)/t7-/m1/s1. The highest BCUT2D eigenvalue weighted by Gasteiger charge is 2.15. The Labute approximate surface area is 79.8 Å². The molecule has 0 bridgehead atoms. The zero-order chi connectivity index (χ0) is 10.7. The second-order valence-corrected chi connectivity index (χ2v) is 2.75. The maximum absolute atomic E-state index is 10.6. The first kappa shape index (κ1) is 10.2. The lowest BCUT2D eigenvalue weighted by atomic mass is 10.1. The van der Waals surface area contributed by atoms with E-state index in [0.29, 0.717) is 0 Å². The van der Waals surface area contributed by atoms with Gasteiger partial charge in [0.2, 0.25) is 0 Å². The van der Waals surface area contributed by atoms with Gasteiger partial charge >= 0.3 is 11.9 Å². The molecule has 0 spiro atoms. The third-order valence-electron chi connectivity index (χ3n) is 1.76. The van der Waals surface area contributed by atoms with Gasteiger partial charge in [-0.05, 0) is 17.7 Å². The van der Waals surface area contributed by atoms with E-state index in [-0.39, 0.29) is 11.1 Å². The molecule has 1 atom stereocenters. The molecule has 0 aliphatic carbocycles. The Balaban J connectivity index is 3.05. The maximum Gasteiger partial charge on any atom is 0.335 e. The topological polar surface area (TPSA) is 101 Å². The molecule has 5 heteroatoms. The zero-order valence-electron chi connectivity index (χ0n) is 7.18. The number of benzene rings is 1. The molecule has 1 aromatic rings. The first-order valence-corrected chi connectivity index (χ1v) is 3.84. The third-order valence-corrected chi connectivity index (χ3v) is 1.76. The Morgan fingerprint density at radius 1 is 1.29 bits per heavy atom. The third kappa shape index (κ3) is 2.08. The van der Waals surface area contributed by atoms with Crippen LogP contribution in [0.15, 0.2) is 24.3 Å². The first-order valence-electron chi connectivity index (χ1n) is 3.84. The normalized spacial score (nSPS) is 12.1. The summed E-state index contributed by atoms with van der Waals surface area (Å²) >= 11 is 0. The van der Waals surface area contributed by atoms with Crippen LogP contribution in [0.1, 0.15) is 22.0 Å². The van der Waals surface area contributed by atoms with Gasteiger partial charge in [-0.3, -0.25) is 4.79 Å². The van der Waals surface area contributed by atoms with Crippen LogP contribution in [0.3, 0.4) is 0 Å². The van der Waals surface area contributed by atoms with Gasteiger partial charge in [0.1, 0.15) is 6.04 Å². The van der Waals surface area contributed by atoms with Crippen molar-refractivity contribution >= 4 is 11.9 Å². The van der Waals surface area contributed by atoms with Crippen LogP contribution in [-0.4, -0.2) is 22.2 Å². The van der Waals surface area contributed by atoms with Crippen molar-refractivity contribution in [2.75, 3.05) is 0 Å². The zero-order valence-corrected chi connectivity index (χ0v) is 7.18. The highest BCUT2D eigenvalue weighted by atomic mass is 16.4. The quantitative estimate of drug-likeness (QED) is 0.650. The Morgan fingerprint density at radius 2 is 1.93 bits per heavy atom. The van der Waals surface area contributed by atoms with Gasteiger partial charge in [0.05, 0.1) is 5.56 Å². The number of aromatic carboxylic acids is 1. The van der Waals surface area contributed by atoms with Gasteiger partial charge in [-0.1, -0.05) is 12.1 Å². The summed E-state index contributed by atoms with van der Waals surface area (Å²) in [6.45, 7) is 0. The second kappa shape index (κ2) is 3.89. The summed E-state index contributed by atoms with van der Waals surface area (Å²) < 4.78 is 0. The smallest absolute Gasteiger partial charge is 0.335 e. The van der Waals surface area contributed by atoms with Crippen LogP contribution in [0.25, 0.3) is 0 Å². The van der Waals surface area contributed by atoms with Crippen LogP contribution in [0.5, 0.6) is 0 Å². The predicted molar refractivity (Wildman–Crippen MR) is 48.0 cm³/mol. The fourth-order valence-electron chi connectivity index (χ4n) is 1.01. The molecule has 14 heavy (non-hydrogen) atoms. The van der Waals surface area contributed by atoms with E-state index in [4.69, 9.17) is 15.9 Å². The lowest BCUT2D eigenvalue weighted by Crippen LogP contribution is -2.20. The minimum atomic E-state index is -1.19. The minimum Gasteiger partial charge on any atom is -0.480 e. The highest BCUT2D eigenvalue weighted by molar-refractivity contribution is 5.88. The fraction of sp³-hybridized carbons (Fsp3) is 0.111.